The number of aromatic hydroxyl groups is 1. The summed E-state index contributed by atoms with van der Waals surface area (Å²) in [6.07, 6.45) is 0. The average molecular weight is 260 g/mol. The van der Waals surface area contributed by atoms with Gasteiger partial charge in [0, 0.05) is 0 Å². The van der Waals surface area contributed by atoms with Crippen molar-refractivity contribution >= 4 is 11.3 Å². The van der Waals surface area contributed by atoms with E-state index in [1.807, 2.05) is 31.2 Å². The van der Waals surface area contributed by atoms with Crippen LogP contribution >= 0.6 is 0 Å². The van der Waals surface area contributed by atoms with Crippen molar-refractivity contribution in [3.05, 3.63) is 76.6 Å². The Hall–Kier alpha value is -3.04. The number of allylic oxidation sites excluding steroid dienone is 1. The summed E-state index contributed by atoms with van der Waals surface area (Å²) in [6.45, 7) is 9.30. The maximum absolute atomic E-state index is 9.37. The Morgan fingerprint density at radius 1 is 1.05 bits per heavy atom. The topological polar surface area (TPSA) is 48.4 Å². The molecule has 0 aliphatic heterocycles. The number of benzene rings is 2. The summed E-state index contributed by atoms with van der Waals surface area (Å²) < 4.78 is 0. The molecule has 0 fully saturated rings. The van der Waals surface area contributed by atoms with E-state index >= 15 is 0 Å². The highest BCUT2D eigenvalue weighted by atomic mass is 16.3. The Balaban J connectivity index is 2.60. The van der Waals surface area contributed by atoms with Crippen molar-refractivity contribution in [2.24, 2.45) is 0 Å². The van der Waals surface area contributed by atoms with Crippen molar-refractivity contribution in [1.29, 1.82) is 5.26 Å². The van der Waals surface area contributed by atoms with Crippen LogP contribution in [0.2, 0.25) is 0 Å². The molecule has 96 valence electrons. The van der Waals surface area contributed by atoms with Crippen molar-refractivity contribution in [1.82, 2.24) is 0 Å². The summed E-state index contributed by atoms with van der Waals surface area (Å²) in [7, 11) is 0. The predicted octanol–water partition coefficient (Wildman–Crippen LogP) is 4.01. The summed E-state index contributed by atoms with van der Waals surface area (Å²) in [5.74, 6) is 0.131. The Labute approximate surface area is 117 Å². The van der Waals surface area contributed by atoms with Gasteiger partial charge in [0.1, 0.15) is 5.75 Å². The van der Waals surface area contributed by atoms with E-state index in [2.05, 4.69) is 10.9 Å². The first-order valence-electron chi connectivity index (χ1n) is 6.04. The second-order valence-electron chi connectivity index (χ2n) is 4.36. The SMILES string of the molecule is [C-]#[N+]/C(=C(/C#N)c1ccc(C)cc1)c1ccc(O)cc1. The van der Waals surface area contributed by atoms with Gasteiger partial charge in [-0.1, -0.05) is 42.0 Å². The van der Waals surface area contributed by atoms with Gasteiger partial charge < -0.3 is 5.11 Å². The van der Waals surface area contributed by atoms with E-state index in [-0.39, 0.29) is 11.4 Å². The van der Waals surface area contributed by atoms with Gasteiger partial charge in [-0.3, -0.25) is 0 Å². The molecule has 2 rings (SSSR count). The lowest BCUT2D eigenvalue weighted by Gasteiger charge is -2.05. The highest BCUT2D eigenvalue weighted by Crippen LogP contribution is 2.28. The molecule has 0 radical (unpaired) electrons. The summed E-state index contributed by atoms with van der Waals surface area (Å²) in [5, 5.41) is 18.7. The molecule has 2 aromatic rings. The zero-order valence-electron chi connectivity index (χ0n) is 11.0. The lowest BCUT2D eigenvalue weighted by Crippen LogP contribution is -1.88. The van der Waals surface area contributed by atoms with Crippen LogP contribution in [0.3, 0.4) is 0 Å². The minimum absolute atomic E-state index is 0.131. The van der Waals surface area contributed by atoms with Crippen LogP contribution in [-0.2, 0) is 0 Å². The van der Waals surface area contributed by atoms with Gasteiger partial charge in [0.2, 0.25) is 5.70 Å². The Morgan fingerprint density at radius 2 is 1.60 bits per heavy atom. The number of phenolic OH excluding ortho intramolecular Hbond substituents is 1. The van der Waals surface area contributed by atoms with Crippen LogP contribution in [0.4, 0.5) is 0 Å². The zero-order valence-corrected chi connectivity index (χ0v) is 11.0. The fourth-order valence-corrected chi connectivity index (χ4v) is 1.86. The van der Waals surface area contributed by atoms with Crippen LogP contribution < -0.4 is 0 Å². The van der Waals surface area contributed by atoms with E-state index in [9.17, 15) is 10.4 Å². The maximum Gasteiger partial charge on any atom is 0.212 e. The van der Waals surface area contributed by atoms with E-state index in [4.69, 9.17) is 6.57 Å². The van der Waals surface area contributed by atoms with Crippen LogP contribution in [0.25, 0.3) is 16.1 Å². The Kier molecular flexibility index (Phi) is 3.84. The number of aryl methyl sites for hydroxylation is 1. The Bertz CT molecular complexity index is 661. The second kappa shape index (κ2) is 5.73. The molecule has 3 heteroatoms. The summed E-state index contributed by atoms with van der Waals surface area (Å²) in [5.41, 5.74) is 3.06. The third-order valence-corrected chi connectivity index (χ3v) is 2.94. The molecule has 0 atom stereocenters. The van der Waals surface area contributed by atoms with Crippen LogP contribution in [0.5, 0.6) is 5.75 Å². The van der Waals surface area contributed by atoms with Gasteiger partial charge in [-0.05, 0) is 30.2 Å². The first-order valence-corrected chi connectivity index (χ1v) is 6.04. The molecule has 0 bridgehead atoms. The van der Waals surface area contributed by atoms with Crippen molar-refractivity contribution in [3.8, 4) is 11.8 Å². The monoisotopic (exact) mass is 260 g/mol. The van der Waals surface area contributed by atoms with Gasteiger partial charge in [-0.25, -0.2) is 4.85 Å². The first-order chi connectivity index (χ1) is 9.65. The minimum atomic E-state index is 0.131. The quantitative estimate of drug-likeness (QED) is 0.504. The molecule has 0 aliphatic carbocycles. The fourth-order valence-electron chi connectivity index (χ4n) is 1.86. The van der Waals surface area contributed by atoms with Crippen LogP contribution in [0, 0.1) is 24.8 Å². The standard InChI is InChI=1S/C17H12N2O/c1-12-3-5-13(6-4-12)16(11-18)17(19-2)14-7-9-15(20)10-8-14/h3-10,20H,1H3/b17-16-. The lowest BCUT2D eigenvalue weighted by molar-refractivity contribution is 0.475. The first kappa shape index (κ1) is 13.4. The van der Waals surface area contributed by atoms with Crippen molar-refractivity contribution in [2.75, 3.05) is 0 Å². The average Bonchev–Trinajstić information content (AvgIpc) is 2.47. The molecular weight excluding hydrogens is 248 g/mol. The van der Waals surface area contributed by atoms with Crippen molar-refractivity contribution < 1.29 is 5.11 Å². The largest absolute Gasteiger partial charge is 0.508 e. The molecule has 0 aromatic heterocycles. The molecule has 0 unspecified atom stereocenters. The summed E-state index contributed by atoms with van der Waals surface area (Å²) >= 11 is 0. The smallest absolute Gasteiger partial charge is 0.212 e. The van der Waals surface area contributed by atoms with Gasteiger partial charge in [0.25, 0.3) is 0 Å². The van der Waals surface area contributed by atoms with E-state index in [0.29, 0.717) is 11.1 Å². The molecule has 0 aliphatic rings. The third-order valence-electron chi connectivity index (χ3n) is 2.94. The molecule has 20 heavy (non-hydrogen) atoms. The number of nitrogens with zero attached hydrogens (tertiary/aromatic N) is 2. The van der Waals surface area contributed by atoms with E-state index in [1.54, 1.807) is 12.1 Å². The summed E-state index contributed by atoms with van der Waals surface area (Å²) in [6, 6.07) is 15.9. The minimum Gasteiger partial charge on any atom is -0.508 e. The van der Waals surface area contributed by atoms with E-state index in [0.717, 1.165) is 11.1 Å². The van der Waals surface area contributed by atoms with Gasteiger partial charge in [-0.15, -0.1) is 0 Å². The number of hydrogen-bond donors (Lipinski definition) is 1. The van der Waals surface area contributed by atoms with Gasteiger partial charge in [-0.2, -0.15) is 5.26 Å². The predicted molar refractivity (Wildman–Crippen MR) is 78.3 cm³/mol. The molecule has 0 amide bonds. The van der Waals surface area contributed by atoms with Crippen molar-refractivity contribution in [3.63, 3.8) is 0 Å². The molecular formula is C17H12N2O. The van der Waals surface area contributed by atoms with E-state index in [1.165, 1.54) is 12.1 Å². The maximum atomic E-state index is 9.37. The van der Waals surface area contributed by atoms with Crippen LogP contribution in [0.15, 0.2) is 48.5 Å². The molecule has 0 spiro atoms. The molecule has 2 aromatic carbocycles. The van der Waals surface area contributed by atoms with Gasteiger partial charge in [0.05, 0.1) is 18.2 Å². The van der Waals surface area contributed by atoms with Crippen LogP contribution in [0.1, 0.15) is 16.7 Å². The molecule has 1 N–H and O–H groups in total. The normalized spacial score (nSPS) is 11.2. The van der Waals surface area contributed by atoms with Gasteiger partial charge in [0.15, 0.2) is 0 Å². The molecule has 0 saturated heterocycles. The summed E-state index contributed by atoms with van der Waals surface area (Å²) in [4.78, 5) is 3.48. The number of hydrogen-bond acceptors (Lipinski definition) is 2. The Morgan fingerprint density at radius 3 is 2.10 bits per heavy atom. The number of nitriles is 1. The van der Waals surface area contributed by atoms with E-state index < -0.39 is 0 Å². The number of phenols is 1. The molecule has 0 heterocycles. The van der Waals surface area contributed by atoms with Crippen molar-refractivity contribution in [2.45, 2.75) is 6.92 Å². The second-order valence-corrected chi connectivity index (χ2v) is 4.36. The highest BCUT2D eigenvalue weighted by molar-refractivity contribution is 5.99. The van der Waals surface area contributed by atoms with Crippen LogP contribution in [-0.4, -0.2) is 5.11 Å². The fraction of sp³-hybridized carbons (Fsp3) is 0.0588. The highest BCUT2D eigenvalue weighted by Gasteiger charge is 2.11. The lowest BCUT2D eigenvalue weighted by atomic mass is 10.00. The molecule has 3 nitrogen and oxygen atoms in total. The number of rotatable bonds is 2. The molecule has 0 saturated carbocycles. The van der Waals surface area contributed by atoms with Gasteiger partial charge >= 0.3 is 0 Å². The third kappa shape index (κ3) is 2.68. The zero-order chi connectivity index (χ0) is 14.5.